The second-order valence-corrected chi connectivity index (χ2v) is 24.9. The molecule has 10 atom stereocenters. The molecule has 418 valence electrons. The first-order chi connectivity index (χ1) is 38.2. The van der Waals surface area contributed by atoms with E-state index in [2.05, 4.69) is 13.8 Å². The van der Waals surface area contributed by atoms with Crippen LogP contribution in [0.1, 0.15) is 93.2 Å². The van der Waals surface area contributed by atoms with Crippen molar-refractivity contribution in [2.75, 3.05) is 13.2 Å². The van der Waals surface area contributed by atoms with E-state index in [0.717, 1.165) is 33.4 Å². The molecular formula is C66H84O11Sn. The summed E-state index contributed by atoms with van der Waals surface area (Å²) in [5.41, 5.74) is 5.73. The fraction of sp³-hybridized carbons (Fsp3) is 0.455. The number of rotatable bonds is 31. The van der Waals surface area contributed by atoms with E-state index in [1.807, 2.05) is 196 Å². The molecule has 0 amide bonds. The molecule has 2 heterocycles. The van der Waals surface area contributed by atoms with Gasteiger partial charge in [0.1, 0.15) is 48.8 Å². The zero-order chi connectivity index (χ0) is 54.6. The molecule has 11 nitrogen and oxygen atoms in total. The molecule has 2 radical (unpaired) electrons. The van der Waals surface area contributed by atoms with Crippen molar-refractivity contribution in [3.63, 3.8) is 0 Å². The first-order valence-electron chi connectivity index (χ1n) is 28.1. The Morgan fingerprint density at radius 1 is 0.513 bits per heavy atom. The van der Waals surface area contributed by atoms with Crippen LogP contribution in [0.3, 0.4) is 0 Å². The SMILES string of the molecule is CC1(C)OC[C@@H]([C@@H](OCc2ccccc2)[C@H](OCc2ccccc2)[C@H](O)[C@@H](O)C[C@@H]2O[C@H](COCc3ccccc3)[C@@H](OCc3ccccc3)[C@H](OCc3ccccc3)[C@H]2OCc2ccccc2)O1.CCC[CH2][Sn][CH2]CCC. The van der Waals surface area contributed by atoms with Gasteiger partial charge < -0.3 is 52.8 Å². The van der Waals surface area contributed by atoms with Gasteiger partial charge in [-0.05, 0) is 47.2 Å². The molecule has 0 bridgehead atoms. The number of aliphatic hydroxyl groups is 2. The maximum atomic E-state index is 12.6. The van der Waals surface area contributed by atoms with Crippen molar-refractivity contribution in [2.24, 2.45) is 0 Å². The second kappa shape index (κ2) is 34.1. The van der Waals surface area contributed by atoms with E-state index in [1.165, 1.54) is 25.7 Å². The molecule has 2 aliphatic heterocycles. The van der Waals surface area contributed by atoms with Gasteiger partial charge >= 0.3 is 69.5 Å². The normalized spacial score (nSPS) is 21.5. The molecule has 2 aliphatic rings. The molecule has 0 spiro atoms. The van der Waals surface area contributed by atoms with Crippen molar-refractivity contribution < 1.29 is 52.8 Å². The van der Waals surface area contributed by atoms with Crippen LogP contribution in [-0.4, -0.2) is 111 Å². The Balaban J connectivity index is 0.000000899. The zero-order valence-corrected chi connectivity index (χ0v) is 49.1. The summed E-state index contributed by atoms with van der Waals surface area (Å²) in [5.74, 6) is -0.905. The Morgan fingerprint density at radius 2 is 0.910 bits per heavy atom. The topological polar surface area (TPSA) is 124 Å². The number of unbranched alkanes of at least 4 members (excludes halogenated alkanes) is 2. The summed E-state index contributed by atoms with van der Waals surface area (Å²) in [6, 6.07) is 59.3. The Labute approximate surface area is 475 Å². The summed E-state index contributed by atoms with van der Waals surface area (Å²) >= 11 is 0.149. The monoisotopic (exact) mass is 1170 g/mol. The standard InChI is InChI=1S/C58H66O11.2C4H9.Sn/c1-58(2)67-41-51(69-58)55(64-37-45-27-15-6-16-28-45)56(65-38-46-29-17-7-18-30-46)52(60)48(59)33-49-53(62-35-43-23-11-4-12-24-43)57(66-39-47-31-19-8-20-32-47)54(63-36-44-25-13-5-14-26-44)50(68-49)40-61-34-42-21-9-3-10-22-42;2*1-3-4-2;/h3-32,48-57,59-60H,33-41H2,1-2H3;2*1,3-4H2,2H3;/t48-,49-,50+,51-,52+,53-,54+,55+,56+,57+;;;/m0.../s1. The Kier molecular flexibility index (Phi) is 26.8. The van der Waals surface area contributed by atoms with Crippen LogP contribution in [0, 0.1) is 0 Å². The van der Waals surface area contributed by atoms with E-state index in [4.69, 9.17) is 42.6 Å². The van der Waals surface area contributed by atoms with Crippen molar-refractivity contribution in [3.8, 4) is 0 Å². The molecule has 2 saturated heterocycles. The number of aliphatic hydroxyl groups excluding tert-OH is 2. The van der Waals surface area contributed by atoms with Crippen LogP contribution in [0.25, 0.3) is 0 Å². The van der Waals surface area contributed by atoms with E-state index < -0.39 is 66.8 Å². The Bertz CT molecular complexity index is 2450. The van der Waals surface area contributed by atoms with Crippen LogP contribution in [0.4, 0.5) is 0 Å². The van der Waals surface area contributed by atoms with Gasteiger partial charge in [0.2, 0.25) is 0 Å². The average Bonchev–Trinajstić information content (AvgIpc) is 3.91. The molecule has 0 unspecified atom stereocenters. The molecule has 8 rings (SSSR count). The van der Waals surface area contributed by atoms with Crippen LogP contribution < -0.4 is 0 Å². The molecule has 12 heteroatoms. The van der Waals surface area contributed by atoms with Crippen molar-refractivity contribution in [1.82, 2.24) is 0 Å². The quantitative estimate of drug-likeness (QED) is 0.0319. The Morgan fingerprint density at radius 3 is 1.33 bits per heavy atom. The minimum atomic E-state index is -1.50. The van der Waals surface area contributed by atoms with E-state index in [9.17, 15) is 10.2 Å². The van der Waals surface area contributed by atoms with Crippen LogP contribution in [0.5, 0.6) is 0 Å². The fourth-order valence-corrected chi connectivity index (χ4v) is 13.8. The number of hydrogen-bond acceptors (Lipinski definition) is 11. The van der Waals surface area contributed by atoms with Crippen LogP contribution in [0.15, 0.2) is 182 Å². The summed E-state index contributed by atoms with van der Waals surface area (Å²) in [4.78, 5) is 0. The molecule has 6 aromatic carbocycles. The number of ether oxygens (including phenoxy) is 9. The van der Waals surface area contributed by atoms with Crippen molar-refractivity contribution in [2.45, 2.75) is 175 Å². The van der Waals surface area contributed by atoms with Crippen molar-refractivity contribution in [1.29, 1.82) is 0 Å². The number of benzene rings is 6. The van der Waals surface area contributed by atoms with Crippen molar-refractivity contribution >= 4 is 21.1 Å². The summed E-state index contributed by atoms with van der Waals surface area (Å²) in [5, 5.41) is 25.2. The van der Waals surface area contributed by atoms with E-state index >= 15 is 0 Å². The predicted molar refractivity (Wildman–Crippen MR) is 307 cm³/mol. The van der Waals surface area contributed by atoms with Gasteiger partial charge in [-0.1, -0.05) is 182 Å². The van der Waals surface area contributed by atoms with E-state index in [1.54, 1.807) is 8.87 Å². The van der Waals surface area contributed by atoms with Gasteiger partial charge in [0.25, 0.3) is 0 Å². The molecule has 0 aromatic heterocycles. The third-order valence-corrected chi connectivity index (χ3v) is 17.9. The molecule has 78 heavy (non-hydrogen) atoms. The fourth-order valence-electron chi connectivity index (χ4n) is 9.61. The number of hydrogen-bond donors (Lipinski definition) is 2. The molecule has 0 aliphatic carbocycles. The molecular weight excluding hydrogens is 1090 g/mol. The van der Waals surface area contributed by atoms with Crippen LogP contribution in [-0.2, 0) is 82.3 Å². The maximum absolute atomic E-state index is 12.6. The van der Waals surface area contributed by atoms with Gasteiger partial charge in [-0.25, -0.2) is 0 Å². The Hall–Kier alpha value is -4.32. The summed E-state index contributed by atoms with van der Waals surface area (Å²) in [6.45, 7) is 10.0. The average molecular weight is 1170 g/mol. The van der Waals surface area contributed by atoms with E-state index in [-0.39, 0.29) is 73.8 Å². The molecule has 0 saturated carbocycles. The van der Waals surface area contributed by atoms with E-state index in [0.29, 0.717) is 6.61 Å². The molecule has 2 N–H and O–H groups in total. The van der Waals surface area contributed by atoms with Gasteiger partial charge in [0.15, 0.2) is 5.79 Å². The first-order valence-corrected chi connectivity index (χ1v) is 32.2. The minimum absolute atomic E-state index is 0.0729. The van der Waals surface area contributed by atoms with Gasteiger partial charge in [0.05, 0.1) is 65.1 Å². The van der Waals surface area contributed by atoms with Crippen LogP contribution >= 0.6 is 0 Å². The van der Waals surface area contributed by atoms with Gasteiger partial charge in [-0.2, -0.15) is 0 Å². The predicted octanol–water partition coefficient (Wildman–Crippen LogP) is 12.3. The van der Waals surface area contributed by atoms with Gasteiger partial charge in [0, 0.05) is 6.42 Å². The third kappa shape index (κ3) is 20.7. The second-order valence-electron chi connectivity index (χ2n) is 20.6. The first kappa shape index (κ1) is 61.3. The summed E-state index contributed by atoms with van der Waals surface area (Å²) < 4.78 is 63.3. The zero-order valence-electron chi connectivity index (χ0n) is 46.3. The summed E-state index contributed by atoms with van der Waals surface area (Å²) in [6.07, 6.45) is -3.43. The van der Waals surface area contributed by atoms with Crippen molar-refractivity contribution in [3.05, 3.63) is 215 Å². The summed E-state index contributed by atoms with van der Waals surface area (Å²) in [7, 11) is 0. The molecule has 6 aromatic rings. The third-order valence-electron chi connectivity index (χ3n) is 13.9. The van der Waals surface area contributed by atoms with Gasteiger partial charge in [-0.3, -0.25) is 0 Å². The molecule has 2 fully saturated rings. The van der Waals surface area contributed by atoms with Crippen LogP contribution in [0.2, 0.25) is 8.87 Å². The van der Waals surface area contributed by atoms with Gasteiger partial charge in [-0.15, -0.1) is 0 Å².